The van der Waals surface area contributed by atoms with Crippen LogP contribution in [0.15, 0.2) is 60.7 Å². The molecule has 1 amide bonds. The molecule has 0 fully saturated rings. The van der Waals surface area contributed by atoms with Gasteiger partial charge in [0.2, 0.25) is 10.1 Å². The molecule has 8 heteroatoms. The molecule has 0 aliphatic rings. The molecule has 7 nitrogen and oxygen atoms in total. The van der Waals surface area contributed by atoms with E-state index in [9.17, 15) is 4.79 Å². The molecule has 1 N–H and O–H groups in total. The standard InChI is InChI=1S/C19H17N5O2S/c1-2-15(26-14-11-7-4-8-12-14)17(25)20-18-23-24-16(21-22-19(24)27-18)13-9-5-3-6-10-13/h3-12,15H,2H2,1H3,(H,20,23,25)/t15-/m1/s1. The Morgan fingerprint density at radius 3 is 2.52 bits per heavy atom. The maximum Gasteiger partial charge on any atom is 0.267 e. The molecule has 2 aromatic carbocycles. The van der Waals surface area contributed by atoms with E-state index in [2.05, 4.69) is 20.6 Å². The maximum absolute atomic E-state index is 12.6. The Morgan fingerprint density at radius 1 is 1.11 bits per heavy atom. The van der Waals surface area contributed by atoms with Gasteiger partial charge in [-0.25, -0.2) is 0 Å². The van der Waals surface area contributed by atoms with Gasteiger partial charge in [0.05, 0.1) is 0 Å². The summed E-state index contributed by atoms with van der Waals surface area (Å²) >= 11 is 1.27. The first kappa shape index (κ1) is 17.2. The summed E-state index contributed by atoms with van der Waals surface area (Å²) in [4.78, 5) is 13.2. The molecule has 0 spiro atoms. The summed E-state index contributed by atoms with van der Waals surface area (Å²) in [5.41, 5.74) is 0.909. The lowest BCUT2D eigenvalue weighted by Gasteiger charge is -2.16. The minimum atomic E-state index is -0.602. The van der Waals surface area contributed by atoms with E-state index in [1.807, 2.05) is 67.6 Å². The van der Waals surface area contributed by atoms with Crippen molar-refractivity contribution in [1.29, 1.82) is 0 Å². The Balaban J connectivity index is 1.52. The number of nitrogens with zero attached hydrogens (tertiary/aromatic N) is 4. The first-order valence-corrected chi connectivity index (χ1v) is 9.36. The fraction of sp³-hybridized carbons (Fsp3) is 0.158. The van der Waals surface area contributed by atoms with Crippen molar-refractivity contribution in [2.75, 3.05) is 5.32 Å². The van der Waals surface area contributed by atoms with Crippen LogP contribution >= 0.6 is 11.3 Å². The monoisotopic (exact) mass is 379 g/mol. The van der Waals surface area contributed by atoms with Gasteiger partial charge in [0.1, 0.15) is 5.75 Å². The van der Waals surface area contributed by atoms with Crippen molar-refractivity contribution >= 4 is 27.3 Å². The van der Waals surface area contributed by atoms with Crippen molar-refractivity contribution in [2.45, 2.75) is 19.4 Å². The third-order valence-corrected chi connectivity index (χ3v) is 4.75. The summed E-state index contributed by atoms with van der Waals surface area (Å²) in [5.74, 6) is 1.05. The third kappa shape index (κ3) is 3.65. The second kappa shape index (κ2) is 7.55. The van der Waals surface area contributed by atoms with Crippen LogP contribution in [0.4, 0.5) is 5.13 Å². The Bertz CT molecular complexity index is 1050. The molecule has 0 saturated carbocycles. The van der Waals surface area contributed by atoms with Gasteiger partial charge in [-0.15, -0.1) is 15.3 Å². The fourth-order valence-corrected chi connectivity index (χ4v) is 3.35. The lowest BCUT2D eigenvalue weighted by Crippen LogP contribution is -2.32. The first-order chi connectivity index (χ1) is 13.2. The van der Waals surface area contributed by atoms with E-state index >= 15 is 0 Å². The number of amides is 1. The van der Waals surface area contributed by atoms with Crippen LogP contribution < -0.4 is 10.1 Å². The Morgan fingerprint density at radius 2 is 1.81 bits per heavy atom. The van der Waals surface area contributed by atoms with E-state index in [1.54, 1.807) is 4.52 Å². The Kier molecular flexibility index (Phi) is 4.80. The van der Waals surface area contributed by atoms with E-state index < -0.39 is 6.10 Å². The molecule has 0 aliphatic heterocycles. The second-order valence-corrected chi connectivity index (χ2v) is 6.76. The van der Waals surface area contributed by atoms with Crippen LogP contribution in [0.25, 0.3) is 16.3 Å². The number of anilines is 1. The number of nitrogens with one attached hydrogen (secondary N) is 1. The molecule has 0 unspecified atom stereocenters. The van der Waals surface area contributed by atoms with Gasteiger partial charge >= 0.3 is 0 Å². The molecular formula is C19H17N5O2S. The highest BCUT2D eigenvalue weighted by Crippen LogP contribution is 2.24. The SMILES string of the molecule is CC[C@@H](Oc1ccccc1)C(=O)Nc1nn2c(-c3ccccc3)nnc2s1. The second-order valence-electron chi connectivity index (χ2n) is 5.81. The average Bonchev–Trinajstić information content (AvgIpc) is 3.27. The molecule has 1 atom stereocenters. The van der Waals surface area contributed by atoms with E-state index in [0.29, 0.717) is 28.1 Å². The quantitative estimate of drug-likeness (QED) is 0.553. The largest absolute Gasteiger partial charge is 0.481 e. The highest BCUT2D eigenvalue weighted by Gasteiger charge is 2.21. The lowest BCUT2D eigenvalue weighted by atomic mass is 10.2. The zero-order chi connectivity index (χ0) is 18.6. The zero-order valence-electron chi connectivity index (χ0n) is 14.6. The number of rotatable bonds is 6. The lowest BCUT2D eigenvalue weighted by molar-refractivity contribution is -0.122. The summed E-state index contributed by atoms with van der Waals surface area (Å²) in [7, 11) is 0. The van der Waals surface area contributed by atoms with Crippen molar-refractivity contribution in [1.82, 2.24) is 19.8 Å². The molecule has 2 heterocycles. The summed E-state index contributed by atoms with van der Waals surface area (Å²) in [6, 6.07) is 19.0. The van der Waals surface area contributed by atoms with Gasteiger partial charge < -0.3 is 4.74 Å². The van der Waals surface area contributed by atoms with E-state index in [4.69, 9.17) is 4.74 Å². The zero-order valence-corrected chi connectivity index (χ0v) is 15.4. The van der Waals surface area contributed by atoms with Gasteiger partial charge in [-0.3, -0.25) is 10.1 Å². The van der Waals surface area contributed by atoms with Crippen molar-refractivity contribution in [3.05, 3.63) is 60.7 Å². The Hall–Kier alpha value is -3.26. The van der Waals surface area contributed by atoms with Crippen molar-refractivity contribution in [2.24, 2.45) is 0 Å². The highest BCUT2D eigenvalue weighted by atomic mass is 32.1. The van der Waals surface area contributed by atoms with Gasteiger partial charge in [0.25, 0.3) is 5.91 Å². The van der Waals surface area contributed by atoms with Gasteiger partial charge in [-0.1, -0.05) is 66.8 Å². The van der Waals surface area contributed by atoms with Crippen LogP contribution in [-0.4, -0.2) is 31.8 Å². The number of fused-ring (bicyclic) bond motifs is 1. The van der Waals surface area contributed by atoms with Crippen LogP contribution in [-0.2, 0) is 4.79 Å². The number of benzene rings is 2. The molecule has 2 aromatic heterocycles. The van der Waals surface area contributed by atoms with Gasteiger partial charge in [0, 0.05) is 5.56 Å². The van der Waals surface area contributed by atoms with Crippen molar-refractivity contribution in [3.63, 3.8) is 0 Å². The van der Waals surface area contributed by atoms with Crippen molar-refractivity contribution in [3.8, 4) is 17.1 Å². The molecule has 4 aromatic rings. The number of hydrogen-bond donors (Lipinski definition) is 1. The summed E-state index contributed by atoms with van der Waals surface area (Å²) in [6.07, 6.45) is -0.0598. The number of aromatic nitrogens is 4. The Labute approximate surface area is 159 Å². The van der Waals surface area contributed by atoms with Gasteiger partial charge in [-0.2, -0.15) is 4.52 Å². The number of carbonyl (C=O) groups excluding carboxylic acids is 1. The van der Waals surface area contributed by atoms with Gasteiger partial charge in [0.15, 0.2) is 11.9 Å². The molecule has 27 heavy (non-hydrogen) atoms. The van der Waals surface area contributed by atoms with E-state index in [1.165, 1.54) is 11.3 Å². The van der Waals surface area contributed by atoms with Crippen LogP contribution in [0.2, 0.25) is 0 Å². The van der Waals surface area contributed by atoms with Gasteiger partial charge in [-0.05, 0) is 18.6 Å². The van der Waals surface area contributed by atoms with Crippen LogP contribution in [0.5, 0.6) is 5.75 Å². The highest BCUT2D eigenvalue weighted by molar-refractivity contribution is 7.20. The summed E-state index contributed by atoms with van der Waals surface area (Å²) < 4.78 is 7.41. The van der Waals surface area contributed by atoms with E-state index in [0.717, 1.165) is 5.56 Å². The topological polar surface area (TPSA) is 81.4 Å². The number of para-hydroxylation sites is 1. The number of carbonyl (C=O) groups is 1. The smallest absolute Gasteiger partial charge is 0.267 e. The predicted octanol–water partition coefficient (Wildman–Crippen LogP) is 3.65. The predicted molar refractivity (Wildman–Crippen MR) is 104 cm³/mol. The maximum atomic E-state index is 12.6. The van der Waals surface area contributed by atoms with Crippen LogP contribution in [0, 0.1) is 0 Å². The normalized spacial score (nSPS) is 12.0. The summed E-state index contributed by atoms with van der Waals surface area (Å²) in [5, 5.41) is 16.0. The molecule has 0 bridgehead atoms. The molecule has 0 aliphatic carbocycles. The molecule has 0 radical (unpaired) electrons. The number of hydrogen-bond acceptors (Lipinski definition) is 6. The summed E-state index contributed by atoms with van der Waals surface area (Å²) in [6.45, 7) is 1.90. The van der Waals surface area contributed by atoms with E-state index in [-0.39, 0.29) is 5.91 Å². The van der Waals surface area contributed by atoms with Crippen molar-refractivity contribution < 1.29 is 9.53 Å². The first-order valence-electron chi connectivity index (χ1n) is 8.55. The average molecular weight is 379 g/mol. The minimum Gasteiger partial charge on any atom is -0.481 e. The molecule has 0 saturated heterocycles. The van der Waals surface area contributed by atoms with Crippen LogP contribution in [0.1, 0.15) is 13.3 Å². The fourth-order valence-electron chi connectivity index (χ4n) is 2.61. The third-order valence-electron chi connectivity index (χ3n) is 3.94. The van der Waals surface area contributed by atoms with Crippen LogP contribution in [0.3, 0.4) is 0 Å². The molecule has 136 valence electrons. The molecular weight excluding hydrogens is 362 g/mol. The minimum absolute atomic E-state index is 0.243. The molecule has 4 rings (SSSR count). The number of ether oxygens (including phenoxy) is 1.